The first kappa shape index (κ1) is 21.7. The van der Waals surface area contributed by atoms with Gasteiger partial charge >= 0.3 is 12.1 Å². The predicted octanol–water partition coefficient (Wildman–Crippen LogP) is 5.10. The van der Waals surface area contributed by atoms with E-state index in [1.165, 1.54) is 37.0 Å². The molecule has 0 aromatic heterocycles. The van der Waals surface area contributed by atoms with E-state index < -0.39 is 6.09 Å². The Morgan fingerprint density at radius 3 is 1.96 bits per heavy atom. The molecule has 5 heteroatoms. The molecule has 0 spiro atoms. The maximum atomic E-state index is 12.2. The van der Waals surface area contributed by atoms with Crippen LogP contribution in [0.2, 0.25) is 0 Å². The lowest BCUT2D eigenvalue weighted by Crippen LogP contribution is -2.44. The van der Waals surface area contributed by atoms with Crippen molar-refractivity contribution in [3.05, 3.63) is 0 Å². The summed E-state index contributed by atoms with van der Waals surface area (Å²) in [4.78, 5) is 25.3. The molecule has 1 N–H and O–H groups in total. The van der Waals surface area contributed by atoms with Crippen molar-refractivity contribution in [1.82, 2.24) is 10.2 Å². The lowest BCUT2D eigenvalue weighted by molar-refractivity contribution is 0.113. The Hall–Kier alpha value is -1.26. The van der Waals surface area contributed by atoms with Gasteiger partial charge in [-0.25, -0.2) is 14.5 Å². The zero-order chi connectivity index (χ0) is 17.3. The van der Waals surface area contributed by atoms with E-state index in [-0.39, 0.29) is 12.6 Å². The summed E-state index contributed by atoms with van der Waals surface area (Å²) in [5.74, 6) is 0. The fourth-order valence-electron chi connectivity index (χ4n) is 2.37. The Morgan fingerprint density at radius 2 is 1.39 bits per heavy atom. The summed E-state index contributed by atoms with van der Waals surface area (Å²) < 4.78 is 4.99. The standard InChI is InChI=1S/C18H36N2O3/c1-4-7-9-11-13-15-19-17(21)20(18(22)23-6-3)16-14-12-10-8-5-2/h4-16H2,1-3H3,(H,19,21). The normalized spacial score (nSPS) is 10.4. The average Bonchev–Trinajstić information content (AvgIpc) is 2.54. The van der Waals surface area contributed by atoms with Gasteiger partial charge < -0.3 is 10.1 Å². The van der Waals surface area contributed by atoms with Crippen molar-refractivity contribution in [1.29, 1.82) is 0 Å². The summed E-state index contributed by atoms with van der Waals surface area (Å²) in [6.45, 7) is 7.44. The van der Waals surface area contributed by atoms with Crippen molar-refractivity contribution in [2.45, 2.75) is 85.0 Å². The highest BCUT2D eigenvalue weighted by Crippen LogP contribution is 2.06. The van der Waals surface area contributed by atoms with Crippen molar-refractivity contribution in [2.75, 3.05) is 19.7 Å². The van der Waals surface area contributed by atoms with Gasteiger partial charge in [-0.15, -0.1) is 0 Å². The molecule has 0 aromatic carbocycles. The Morgan fingerprint density at radius 1 is 0.826 bits per heavy atom. The Bertz CT molecular complexity index is 309. The number of carbonyl (C=O) groups excluding carboxylic acids is 2. The molecule has 0 fully saturated rings. The Kier molecular flexibility index (Phi) is 14.8. The maximum absolute atomic E-state index is 12.2. The molecule has 5 nitrogen and oxygen atoms in total. The van der Waals surface area contributed by atoms with Crippen LogP contribution in [0.1, 0.15) is 85.0 Å². The van der Waals surface area contributed by atoms with Crippen molar-refractivity contribution in [3.8, 4) is 0 Å². The maximum Gasteiger partial charge on any atom is 0.417 e. The van der Waals surface area contributed by atoms with Crippen LogP contribution in [-0.4, -0.2) is 36.7 Å². The molecule has 0 atom stereocenters. The highest BCUT2D eigenvalue weighted by molar-refractivity contribution is 5.90. The Labute approximate surface area is 142 Å². The topological polar surface area (TPSA) is 58.6 Å². The van der Waals surface area contributed by atoms with Gasteiger partial charge in [-0.05, 0) is 19.8 Å². The summed E-state index contributed by atoms with van der Waals surface area (Å²) in [5.41, 5.74) is 0. The van der Waals surface area contributed by atoms with Gasteiger partial charge in [0.2, 0.25) is 0 Å². The first-order chi connectivity index (χ1) is 11.2. The SMILES string of the molecule is CCCCCCCNC(=O)N(CCCCCCC)C(=O)OCC. The molecule has 0 heterocycles. The molecule has 3 amide bonds. The van der Waals surface area contributed by atoms with E-state index in [0.717, 1.165) is 32.1 Å². The molecule has 23 heavy (non-hydrogen) atoms. The predicted molar refractivity (Wildman–Crippen MR) is 94.6 cm³/mol. The molecule has 0 aliphatic carbocycles. The van der Waals surface area contributed by atoms with Crippen LogP contribution in [0.15, 0.2) is 0 Å². The van der Waals surface area contributed by atoms with Crippen LogP contribution in [0.5, 0.6) is 0 Å². The van der Waals surface area contributed by atoms with Gasteiger partial charge in [0.05, 0.1) is 6.61 Å². The van der Waals surface area contributed by atoms with Crippen LogP contribution in [0.3, 0.4) is 0 Å². The smallest absolute Gasteiger partial charge is 0.417 e. The monoisotopic (exact) mass is 328 g/mol. The van der Waals surface area contributed by atoms with Crippen molar-refractivity contribution >= 4 is 12.1 Å². The number of imide groups is 1. The number of rotatable bonds is 13. The lowest BCUT2D eigenvalue weighted by Gasteiger charge is -2.20. The molecule has 0 rings (SSSR count). The number of amides is 3. The quantitative estimate of drug-likeness (QED) is 0.479. The number of unbranched alkanes of at least 4 members (excludes halogenated alkanes) is 8. The van der Waals surface area contributed by atoms with Crippen molar-refractivity contribution < 1.29 is 14.3 Å². The second-order valence-electron chi connectivity index (χ2n) is 5.91. The largest absolute Gasteiger partial charge is 0.449 e. The zero-order valence-electron chi connectivity index (χ0n) is 15.4. The fourth-order valence-corrected chi connectivity index (χ4v) is 2.37. The van der Waals surface area contributed by atoms with Gasteiger partial charge in [0, 0.05) is 13.1 Å². The van der Waals surface area contributed by atoms with E-state index in [1.807, 2.05) is 0 Å². The van der Waals surface area contributed by atoms with E-state index >= 15 is 0 Å². The zero-order valence-corrected chi connectivity index (χ0v) is 15.4. The van der Waals surface area contributed by atoms with Gasteiger partial charge in [-0.3, -0.25) is 0 Å². The number of urea groups is 1. The molecule has 0 radical (unpaired) electrons. The first-order valence-electron chi connectivity index (χ1n) is 9.39. The minimum atomic E-state index is -0.536. The van der Waals surface area contributed by atoms with E-state index in [0.29, 0.717) is 13.1 Å². The highest BCUT2D eigenvalue weighted by Gasteiger charge is 2.21. The third-order valence-electron chi connectivity index (χ3n) is 3.78. The van der Waals surface area contributed by atoms with Gasteiger partial charge in [-0.2, -0.15) is 0 Å². The number of ether oxygens (including phenoxy) is 1. The number of hydrogen-bond acceptors (Lipinski definition) is 3. The molecule has 0 bridgehead atoms. The molecule has 0 unspecified atom stereocenters. The van der Waals surface area contributed by atoms with E-state index in [1.54, 1.807) is 6.92 Å². The van der Waals surface area contributed by atoms with Crippen molar-refractivity contribution in [2.24, 2.45) is 0 Å². The molecular formula is C18H36N2O3. The van der Waals surface area contributed by atoms with Crippen molar-refractivity contribution in [3.63, 3.8) is 0 Å². The summed E-state index contributed by atoms with van der Waals surface area (Å²) in [5, 5.41) is 2.84. The van der Waals surface area contributed by atoms with Gasteiger partial charge in [0.25, 0.3) is 0 Å². The number of nitrogens with one attached hydrogen (secondary N) is 1. The lowest BCUT2D eigenvalue weighted by atomic mass is 10.1. The van der Waals surface area contributed by atoms with Crippen LogP contribution >= 0.6 is 0 Å². The number of hydrogen-bond donors (Lipinski definition) is 1. The molecule has 136 valence electrons. The summed E-state index contributed by atoms with van der Waals surface area (Å²) in [6.07, 6.45) is 10.6. The second-order valence-corrected chi connectivity index (χ2v) is 5.91. The average molecular weight is 328 g/mol. The number of carbonyl (C=O) groups is 2. The van der Waals surface area contributed by atoms with Gasteiger partial charge in [-0.1, -0.05) is 65.2 Å². The van der Waals surface area contributed by atoms with E-state index in [2.05, 4.69) is 19.2 Å². The van der Waals surface area contributed by atoms with Crippen LogP contribution < -0.4 is 5.32 Å². The minimum absolute atomic E-state index is 0.287. The molecule has 0 aliphatic rings. The van der Waals surface area contributed by atoms with Crippen LogP contribution in [0.4, 0.5) is 9.59 Å². The summed E-state index contributed by atoms with van der Waals surface area (Å²) in [7, 11) is 0. The third-order valence-corrected chi connectivity index (χ3v) is 3.78. The number of nitrogens with zero attached hydrogens (tertiary/aromatic N) is 1. The second kappa shape index (κ2) is 15.6. The van der Waals surface area contributed by atoms with Gasteiger partial charge in [0.15, 0.2) is 0 Å². The van der Waals surface area contributed by atoms with E-state index in [9.17, 15) is 9.59 Å². The molecule has 0 aromatic rings. The fraction of sp³-hybridized carbons (Fsp3) is 0.889. The molecular weight excluding hydrogens is 292 g/mol. The molecule has 0 saturated heterocycles. The highest BCUT2D eigenvalue weighted by atomic mass is 16.6. The first-order valence-corrected chi connectivity index (χ1v) is 9.39. The molecule has 0 aliphatic heterocycles. The Balaban J connectivity index is 4.10. The molecule has 0 saturated carbocycles. The summed E-state index contributed by atoms with van der Waals surface area (Å²) in [6, 6.07) is -0.325. The van der Waals surface area contributed by atoms with E-state index in [4.69, 9.17) is 4.74 Å². The van der Waals surface area contributed by atoms with Crippen LogP contribution in [-0.2, 0) is 4.74 Å². The van der Waals surface area contributed by atoms with Gasteiger partial charge in [0.1, 0.15) is 0 Å². The minimum Gasteiger partial charge on any atom is -0.449 e. The van der Waals surface area contributed by atoms with Crippen LogP contribution in [0, 0.1) is 0 Å². The third kappa shape index (κ3) is 11.9. The summed E-state index contributed by atoms with van der Waals surface area (Å²) >= 11 is 0. The van der Waals surface area contributed by atoms with Crippen LogP contribution in [0.25, 0.3) is 0 Å².